The highest BCUT2D eigenvalue weighted by Crippen LogP contribution is 2.12. The number of hydrogen-bond donors (Lipinski definition) is 1. The summed E-state index contributed by atoms with van der Waals surface area (Å²) < 4.78 is 21.9. The number of carbonyl (C=O) groups excluding carboxylic acids is 2. The van der Waals surface area contributed by atoms with Crippen molar-refractivity contribution >= 4 is 32.7 Å². The van der Waals surface area contributed by atoms with Crippen LogP contribution in [-0.4, -0.2) is 25.1 Å². The van der Waals surface area contributed by atoms with Crippen molar-refractivity contribution < 1.29 is 18.0 Å². The molecule has 0 fully saturated rings. The van der Waals surface area contributed by atoms with Crippen molar-refractivity contribution in [2.45, 2.75) is 11.8 Å². The molecule has 92 valence electrons. The van der Waals surface area contributed by atoms with Crippen LogP contribution in [0.5, 0.6) is 0 Å². The second-order valence-corrected chi connectivity index (χ2v) is 5.99. The summed E-state index contributed by atoms with van der Waals surface area (Å²) in [5.74, 6) is -0.185. The molecule has 1 rings (SSSR count). The SMILES string of the molecule is CC(=O)SCC(=O)c1ccc(S(N)(=O)=O)cc1. The standard InChI is InChI=1S/C10H11NO4S2/c1-7(12)16-6-10(13)8-2-4-9(5-3-8)17(11,14)15/h2-5H,6H2,1H3,(H2,11,14,15). The number of nitrogens with two attached hydrogens (primary N) is 1. The van der Waals surface area contributed by atoms with Gasteiger partial charge in [0.15, 0.2) is 10.9 Å². The van der Waals surface area contributed by atoms with Gasteiger partial charge >= 0.3 is 0 Å². The van der Waals surface area contributed by atoms with Gasteiger partial charge in [0.2, 0.25) is 10.0 Å². The van der Waals surface area contributed by atoms with Crippen molar-refractivity contribution in [2.24, 2.45) is 5.14 Å². The Morgan fingerprint density at radius 3 is 2.18 bits per heavy atom. The van der Waals surface area contributed by atoms with Gasteiger partial charge < -0.3 is 0 Å². The lowest BCUT2D eigenvalue weighted by Gasteiger charge is -2.01. The third kappa shape index (κ3) is 4.29. The van der Waals surface area contributed by atoms with Crippen LogP contribution in [0.15, 0.2) is 29.2 Å². The first-order valence-corrected chi connectivity index (χ1v) is 7.13. The van der Waals surface area contributed by atoms with E-state index in [9.17, 15) is 18.0 Å². The number of benzene rings is 1. The van der Waals surface area contributed by atoms with E-state index in [1.807, 2.05) is 0 Å². The Kier molecular flexibility index (Phi) is 4.44. The first-order chi connectivity index (χ1) is 7.80. The maximum Gasteiger partial charge on any atom is 0.238 e. The van der Waals surface area contributed by atoms with E-state index in [2.05, 4.69) is 0 Å². The van der Waals surface area contributed by atoms with Crippen LogP contribution in [0.25, 0.3) is 0 Å². The second kappa shape index (κ2) is 5.44. The van der Waals surface area contributed by atoms with Crippen LogP contribution < -0.4 is 5.14 Å². The molecule has 0 amide bonds. The predicted molar refractivity (Wildman–Crippen MR) is 65.3 cm³/mol. The van der Waals surface area contributed by atoms with Gasteiger partial charge in [0.05, 0.1) is 10.6 Å². The number of ketones is 1. The summed E-state index contributed by atoms with van der Waals surface area (Å²) in [5.41, 5.74) is 0.353. The van der Waals surface area contributed by atoms with Crippen molar-refractivity contribution in [1.82, 2.24) is 0 Å². The second-order valence-electron chi connectivity index (χ2n) is 3.27. The zero-order valence-electron chi connectivity index (χ0n) is 9.04. The van der Waals surface area contributed by atoms with Gasteiger partial charge in [-0.2, -0.15) is 0 Å². The molecule has 0 saturated heterocycles. The van der Waals surface area contributed by atoms with Gasteiger partial charge in [0, 0.05) is 12.5 Å². The maximum absolute atomic E-state index is 11.6. The highest BCUT2D eigenvalue weighted by Gasteiger charge is 2.11. The van der Waals surface area contributed by atoms with Crippen molar-refractivity contribution in [2.75, 3.05) is 5.75 Å². The van der Waals surface area contributed by atoms with Crippen LogP contribution >= 0.6 is 11.8 Å². The zero-order valence-corrected chi connectivity index (χ0v) is 10.7. The minimum Gasteiger partial charge on any atom is -0.293 e. The summed E-state index contributed by atoms with van der Waals surface area (Å²) in [6, 6.07) is 5.29. The normalized spacial score (nSPS) is 11.2. The molecule has 0 aliphatic carbocycles. The van der Waals surface area contributed by atoms with E-state index in [0.717, 1.165) is 11.8 Å². The van der Waals surface area contributed by atoms with Gasteiger partial charge in [-0.15, -0.1) is 0 Å². The van der Waals surface area contributed by atoms with Crippen LogP contribution in [0.3, 0.4) is 0 Å². The average Bonchev–Trinajstić information content (AvgIpc) is 2.25. The minimum atomic E-state index is -3.74. The van der Waals surface area contributed by atoms with Gasteiger partial charge in [0.1, 0.15) is 0 Å². The molecular formula is C10H11NO4S2. The van der Waals surface area contributed by atoms with E-state index >= 15 is 0 Å². The molecule has 0 spiro atoms. The third-order valence-electron chi connectivity index (χ3n) is 1.91. The van der Waals surface area contributed by atoms with Crippen LogP contribution in [-0.2, 0) is 14.8 Å². The molecule has 0 unspecified atom stereocenters. The van der Waals surface area contributed by atoms with E-state index in [1.165, 1.54) is 31.2 Å². The highest BCUT2D eigenvalue weighted by molar-refractivity contribution is 8.14. The molecule has 0 atom stereocenters. The molecule has 0 saturated carbocycles. The third-order valence-corrected chi connectivity index (χ3v) is 3.65. The molecule has 17 heavy (non-hydrogen) atoms. The molecule has 1 aromatic carbocycles. The van der Waals surface area contributed by atoms with E-state index in [0.29, 0.717) is 5.56 Å². The van der Waals surface area contributed by atoms with Crippen LogP contribution in [0.1, 0.15) is 17.3 Å². The van der Waals surface area contributed by atoms with E-state index in [-0.39, 0.29) is 21.5 Å². The Bertz CT molecular complexity index is 534. The maximum atomic E-state index is 11.6. The molecule has 1 aromatic rings. The summed E-state index contributed by atoms with van der Waals surface area (Å²) in [4.78, 5) is 22.2. The lowest BCUT2D eigenvalue weighted by molar-refractivity contribution is -0.109. The van der Waals surface area contributed by atoms with Crippen LogP contribution in [0.4, 0.5) is 0 Å². The smallest absolute Gasteiger partial charge is 0.238 e. The molecule has 0 bridgehead atoms. The molecule has 0 aliphatic rings. The quantitative estimate of drug-likeness (QED) is 0.819. The fourth-order valence-electron chi connectivity index (χ4n) is 1.08. The first-order valence-electron chi connectivity index (χ1n) is 4.60. The lowest BCUT2D eigenvalue weighted by Crippen LogP contribution is -2.12. The molecule has 7 heteroatoms. The van der Waals surface area contributed by atoms with Crippen LogP contribution in [0, 0.1) is 0 Å². The summed E-state index contributed by atoms with van der Waals surface area (Å²) in [7, 11) is -3.74. The number of thioether (sulfide) groups is 1. The van der Waals surface area contributed by atoms with Crippen molar-refractivity contribution in [3.8, 4) is 0 Å². The number of sulfonamides is 1. The van der Waals surface area contributed by atoms with Gasteiger partial charge in [-0.3, -0.25) is 9.59 Å². The monoisotopic (exact) mass is 273 g/mol. The topological polar surface area (TPSA) is 94.3 Å². The van der Waals surface area contributed by atoms with Crippen molar-refractivity contribution in [1.29, 1.82) is 0 Å². The summed E-state index contributed by atoms with van der Waals surface area (Å²) >= 11 is 0.913. The zero-order chi connectivity index (χ0) is 13.1. The Morgan fingerprint density at radius 1 is 1.24 bits per heavy atom. The molecule has 0 aliphatic heterocycles. The number of hydrogen-bond acceptors (Lipinski definition) is 5. The van der Waals surface area contributed by atoms with E-state index < -0.39 is 10.0 Å². The fourth-order valence-corrected chi connectivity index (χ4v) is 2.10. The van der Waals surface area contributed by atoms with Gasteiger partial charge in [-0.05, 0) is 12.1 Å². The molecule has 0 aromatic heterocycles. The molecular weight excluding hydrogens is 262 g/mol. The number of Topliss-reactive ketones (excluding diaryl/α,β-unsaturated/α-hetero) is 1. The summed E-state index contributed by atoms with van der Waals surface area (Å²) in [6.07, 6.45) is 0. The molecule has 0 radical (unpaired) electrons. The van der Waals surface area contributed by atoms with Crippen LogP contribution in [0.2, 0.25) is 0 Å². The summed E-state index contributed by atoms with van der Waals surface area (Å²) in [5, 5.41) is 4.78. The molecule has 2 N–H and O–H groups in total. The average molecular weight is 273 g/mol. The largest absolute Gasteiger partial charge is 0.293 e. The van der Waals surface area contributed by atoms with E-state index in [1.54, 1.807) is 0 Å². The Labute approximate surface area is 103 Å². The van der Waals surface area contributed by atoms with Crippen molar-refractivity contribution in [3.05, 3.63) is 29.8 Å². The number of rotatable bonds is 4. The fraction of sp³-hybridized carbons (Fsp3) is 0.200. The Hall–Kier alpha value is -1.18. The Morgan fingerprint density at radius 2 is 1.76 bits per heavy atom. The first kappa shape index (κ1) is 13.9. The van der Waals surface area contributed by atoms with E-state index in [4.69, 9.17) is 5.14 Å². The predicted octanol–water partition coefficient (Wildman–Crippen LogP) is 0.796. The molecule has 5 nitrogen and oxygen atoms in total. The summed E-state index contributed by atoms with van der Waals surface area (Å²) in [6.45, 7) is 1.38. The van der Waals surface area contributed by atoms with Gasteiger partial charge in [0.25, 0.3) is 0 Å². The van der Waals surface area contributed by atoms with Gasteiger partial charge in [-0.1, -0.05) is 23.9 Å². The van der Waals surface area contributed by atoms with Crippen molar-refractivity contribution in [3.63, 3.8) is 0 Å². The number of primary sulfonamides is 1. The number of carbonyl (C=O) groups is 2. The Balaban J connectivity index is 2.81. The lowest BCUT2D eigenvalue weighted by atomic mass is 10.1. The van der Waals surface area contributed by atoms with Gasteiger partial charge in [-0.25, -0.2) is 13.6 Å². The molecule has 0 heterocycles. The highest BCUT2D eigenvalue weighted by atomic mass is 32.2. The minimum absolute atomic E-state index is 0.0457.